The van der Waals surface area contributed by atoms with E-state index in [4.69, 9.17) is 0 Å². The van der Waals surface area contributed by atoms with Crippen LogP contribution in [0.4, 0.5) is 5.69 Å². The lowest BCUT2D eigenvalue weighted by Crippen LogP contribution is -2.09. The van der Waals surface area contributed by atoms with Crippen LogP contribution in [0.2, 0.25) is 0 Å². The summed E-state index contributed by atoms with van der Waals surface area (Å²) in [5.41, 5.74) is 6.90. The van der Waals surface area contributed by atoms with Crippen molar-refractivity contribution in [1.82, 2.24) is 4.90 Å². The zero-order valence-electron chi connectivity index (χ0n) is 11.6. The number of nitrogens with zero attached hydrogens (tertiary/aromatic N) is 1. The van der Waals surface area contributed by atoms with Crippen molar-refractivity contribution in [3.05, 3.63) is 70.9 Å². The van der Waals surface area contributed by atoms with Gasteiger partial charge in [-0.2, -0.15) is 0 Å². The highest BCUT2D eigenvalue weighted by Crippen LogP contribution is 2.40. The van der Waals surface area contributed by atoms with Crippen LogP contribution in [-0.4, -0.2) is 19.0 Å². The smallest absolute Gasteiger partial charge is 0.123 e. The summed E-state index contributed by atoms with van der Waals surface area (Å²) >= 11 is 1.72. The molecule has 0 atom stereocenters. The average Bonchev–Trinajstić information content (AvgIpc) is 2.88. The van der Waals surface area contributed by atoms with Crippen molar-refractivity contribution in [3.63, 3.8) is 0 Å². The molecule has 0 amide bonds. The zero-order chi connectivity index (χ0) is 13.9. The van der Waals surface area contributed by atoms with Gasteiger partial charge in [-0.15, -0.1) is 0 Å². The maximum atomic E-state index is 3.49. The van der Waals surface area contributed by atoms with Crippen molar-refractivity contribution in [2.75, 3.05) is 19.4 Å². The van der Waals surface area contributed by atoms with E-state index in [-0.39, 0.29) is 0 Å². The van der Waals surface area contributed by atoms with Gasteiger partial charge in [0, 0.05) is 24.6 Å². The lowest BCUT2D eigenvalue weighted by Gasteiger charge is -2.15. The normalized spacial score (nSPS) is 12.4. The van der Waals surface area contributed by atoms with Crippen molar-refractivity contribution in [1.29, 1.82) is 0 Å². The minimum Gasteiger partial charge on any atom is -0.371 e. The molecule has 0 aliphatic carbocycles. The van der Waals surface area contributed by atoms with Crippen LogP contribution in [0.5, 0.6) is 0 Å². The molecule has 3 rings (SSSR count). The quantitative estimate of drug-likeness (QED) is 0.828. The van der Waals surface area contributed by atoms with Gasteiger partial charge in [0.15, 0.2) is 0 Å². The maximum Gasteiger partial charge on any atom is 0.123 e. The van der Waals surface area contributed by atoms with Crippen molar-refractivity contribution < 1.29 is 0 Å². The Morgan fingerprint density at radius 2 is 1.70 bits per heavy atom. The van der Waals surface area contributed by atoms with Crippen molar-refractivity contribution in [2.24, 2.45) is 0 Å². The fraction of sp³-hybridized carbons (Fsp3) is 0.118. The zero-order valence-corrected chi connectivity index (χ0v) is 12.4. The molecule has 1 aliphatic heterocycles. The first-order valence-corrected chi connectivity index (χ1v) is 7.33. The largest absolute Gasteiger partial charge is 0.371 e. The molecular formula is C17H16N2S. The molecule has 0 spiro atoms. The molecule has 0 saturated carbocycles. The Morgan fingerprint density at radius 1 is 1.00 bits per heavy atom. The van der Waals surface area contributed by atoms with Crippen LogP contribution in [0, 0.1) is 0 Å². The number of fused-ring (bicyclic) bond motifs is 1. The Labute approximate surface area is 123 Å². The Bertz CT molecular complexity index is 656. The Morgan fingerprint density at radius 3 is 2.40 bits per heavy atom. The number of thioether (sulfide) groups is 1. The Balaban J connectivity index is 2.03. The molecule has 2 nitrogen and oxygen atoms in total. The Hall–Kier alpha value is -2.09. The number of rotatable bonds is 2. The van der Waals surface area contributed by atoms with Crippen LogP contribution in [0.15, 0.2) is 70.3 Å². The molecule has 0 bridgehead atoms. The molecule has 20 heavy (non-hydrogen) atoms. The molecule has 1 aliphatic rings. The van der Waals surface area contributed by atoms with Gasteiger partial charge in [-0.1, -0.05) is 60.0 Å². The van der Waals surface area contributed by atoms with Crippen molar-refractivity contribution in [3.8, 4) is 0 Å². The molecule has 0 saturated heterocycles. The molecule has 3 heteroatoms. The fourth-order valence-corrected chi connectivity index (χ4v) is 3.02. The lowest BCUT2D eigenvalue weighted by molar-refractivity contribution is 0.593. The molecule has 2 aromatic rings. The number of nitrogens with one attached hydrogen (secondary N) is 1. The summed E-state index contributed by atoms with van der Waals surface area (Å²) in [6, 6.07) is 18.7. The molecule has 2 aromatic carbocycles. The third kappa shape index (κ3) is 2.60. The van der Waals surface area contributed by atoms with Gasteiger partial charge in [0.05, 0.1) is 11.4 Å². The molecule has 100 valence electrons. The van der Waals surface area contributed by atoms with Gasteiger partial charge >= 0.3 is 0 Å². The van der Waals surface area contributed by atoms with E-state index in [1.165, 1.54) is 10.5 Å². The fourth-order valence-electron chi connectivity index (χ4n) is 2.12. The first kappa shape index (κ1) is 12.9. The van der Waals surface area contributed by atoms with Gasteiger partial charge in [-0.3, -0.25) is 0 Å². The topological polar surface area (TPSA) is 15.3 Å². The molecule has 0 aromatic heterocycles. The van der Waals surface area contributed by atoms with Gasteiger partial charge in [0.1, 0.15) is 5.03 Å². The van der Waals surface area contributed by atoms with Crippen LogP contribution in [0.1, 0.15) is 5.56 Å². The summed E-state index contributed by atoms with van der Waals surface area (Å²) in [6.45, 7) is 0. The number of anilines is 1. The van der Waals surface area contributed by atoms with E-state index < -0.39 is 0 Å². The lowest BCUT2D eigenvalue weighted by atomic mass is 10.1. The third-order valence-corrected chi connectivity index (χ3v) is 4.06. The van der Waals surface area contributed by atoms with E-state index >= 15 is 0 Å². The molecule has 1 N–H and O–H groups in total. The molecule has 1 heterocycles. The summed E-state index contributed by atoms with van der Waals surface area (Å²) in [4.78, 5) is 3.34. The highest BCUT2D eigenvalue weighted by atomic mass is 32.2. The van der Waals surface area contributed by atoms with Crippen LogP contribution in [0.25, 0.3) is 5.70 Å². The summed E-state index contributed by atoms with van der Waals surface area (Å²) in [7, 11) is 4.09. The molecule has 0 unspecified atom stereocenters. The third-order valence-electron chi connectivity index (χ3n) is 3.07. The molecule has 0 radical (unpaired) electrons. The minimum atomic E-state index is 1.04. The average molecular weight is 280 g/mol. The number of hydrogen-bond acceptors (Lipinski definition) is 3. The number of para-hydroxylation sites is 1. The van der Waals surface area contributed by atoms with Gasteiger partial charge in [-0.05, 0) is 12.1 Å². The standard InChI is InChI=1S/C17H16N2S/c1-19(2)15(13-8-4-3-5-9-13)12-17-18-14-10-6-7-11-16(14)20-17/h3-11,18H,1-2H3. The second kappa shape index (κ2) is 5.49. The molecular weight excluding hydrogens is 264 g/mol. The predicted molar refractivity (Wildman–Crippen MR) is 86.5 cm³/mol. The minimum absolute atomic E-state index is 1.04. The molecule has 0 fully saturated rings. The second-order valence-corrected chi connectivity index (χ2v) is 5.84. The van der Waals surface area contributed by atoms with Gasteiger partial charge in [0.25, 0.3) is 0 Å². The van der Waals surface area contributed by atoms with E-state index in [0.717, 1.165) is 16.4 Å². The predicted octanol–water partition coefficient (Wildman–Crippen LogP) is 4.25. The van der Waals surface area contributed by atoms with Crippen molar-refractivity contribution >= 4 is 23.1 Å². The van der Waals surface area contributed by atoms with Gasteiger partial charge in [0.2, 0.25) is 0 Å². The number of hydrogen-bond donors (Lipinski definition) is 1. The van der Waals surface area contributed by atoms with E-state index in [0.29, 0.717) is 0 Å². The van der Waals surface area contributed by atoms with E-state index in [1.807, 2.05) is 26.2 Å². The monoisotopic (exact) mass is 280 g/mol. The van der Waals surface area contributed by atoms with Gasteiger partial charge in [-0.25, -0.2) is 0 Å². The first-order chi connectivity index (χ1) is 9.74. The maximum absolute atomic E-state index is 3.49. The van der Waals surface area contributed by atoms with Crippen LogP contribution in [0.3, 0.4) is 0 Å². The van der Waals surface area contributed by atoms with E-state index in [9.17, 15) is 0 Å². The number of benzene rings is 2. The second-order valence-electron chi connectivity index (χ2n) is 4.79. The highest BCUT2D eigenvalue weighted by Gasteiger charge is 2.15. The SMILES string of the molecule is CN(C)C(=C=C1Nc2ccccc2S1)c1ccccc1. The van der Waals surface area contributed by atoms with Crippen LogP contribution < -0.4 is 5.32 Å². The van der Waals surface area contributed by atoms with E-state index in [1.54, 1.807) is 11.8 Å². The van der Waals surface area contributed by atoms with Crippen LogP contribution >= 0.6 is 11.8 Å². The van der Waals surface area contributed by atoms with Crippen LogP contribution in [-0.2, 0) is 0 Å². The summed E-state index contributed by atoms with van der Waals surface area (Å²) in [6.07, 6.45) is 0. The van der Waals surface area contributed by atoms with Crippen molar-refractivity contribution in [2.45, 2.75) is 4.90 Å². The Kier molecular flexibility index (Phi) is 3.55. The highest BCUT2D eigenvalue weighted by molar-refractivity contribution is 8.03. The van der Waals surface area contributed by atoms with E-state index in [2.05, 4.69) is 58.4 Å². The van der Waals surface area contributed by atoms with Gasteiger partial charge < -0.3 is 10.2 Å². The summed E-state index contributed by atoms with van der Waals surface area (Å²) in [5, 5.41) is 4.45. The summed E-state index contributed by atoms with van der Waals surface area (Å²) < 4.78 is 0. The first-order valence-electron chi connectivity index (χ1n) is 6.51. The summed E-state index contributed by atoms with van der Waals surface area (Å²) in [5.74, 6) is 0.